The van der Waals surface area contributed by atoms with Crippen molar-refractivity contribution in [3.05, 3.63) is 202 Å². The molecule has 222 valence electrons. The molecule has 47 heavy (non-hydrogen) atoms. The van der Waals surface area contributed by atoms with Crippen LogP contribution in [-0.2, 0) is 11.0 Å². The number of aliphatic hydroxyl groups is 1. The Morgan fingerprint density at radius 3 is 1.62 bits per heavy atom. The van der Waals surface area contributed by atoms with Crippen molar-refractivity contribution in [2.24, 2.45) is 0 Å². The molecule has 1 N–H and O–H groups in total. The molecule has 0 radical (unpaired) electrons. The molecule has 0 saturated carbocycles. The number of thiophene rings is 1. The van der Waals surface area contributed by atoms with Gasteiger partial charge in [-0.25, -0.2) is 0 Å². The van der Waals surface area contributed by atoms with E-state index in [9.17, 15) is 5.11 Å². The van der Waals surface area contributed by atoms with E-state index >= 15 is 0 Å². The Bertz CT molecular complexity index is 2480. The third-order valence-electron chi connectivity index (χ3n) is 10.5. The quantitative estimate of drug-likeness (QED) is 0.200. The average Bonchev–Trinajstić information content (AvgIpc) is 3.64. The molecule has 0 saturated heterocycles. The minimum Gasteiger partial charge on any atom is -0.376 e. The highest BCUT2D eigenvalue weighted by atomic mass is 35.5. The molecule has 2 aliphatic carbocycles. The number of hydrogen-bond donors (Lipinski definition) is 1. The SMILES string of the molecule is OC1(c2c(Cl)cccc2-c2ccc3c(c2)sc2ccccc23)c2ccccc2C2(c3ccccc3-c3ccccc32)c2ccccc21. The standard InChI is InChI=1S/C44H27ClOS/c45-39-22-11-15-28(27-24-25-32-31-14-3-10-23-40(31)47-41(32)26-27)42(39)44(46)37-20-8-6-18-35(37)43(36-19-7-9-21-38(36)44)33-16-4-1-12-29(33)30-13-2-5-17-34(30)43/h1-26,46H. The fourth-order valence-corrected chi connectivity index (χ4v) is 10.1. The second-order valence-corrected chi connectivity index (χ2v) is 14.1. The summed E-state index contributed by atoms with van der Waals surface area (Å²) in [6.07, 6.45) is 0. The van der Waals surface area contributed by atoms with Crippen LogP contribution in [0.1, 0.15) is 38.9 Å². The van der Waals surface area contributed by atoms with Crippen molar-refractivity contribution in [1.29, 1.82) is 0 Å². The van der Waals surface area contributed by atoms with E-state index in [-0.39, 0.29) is 0 Å². The van der Waals surface area contributed by atoms with E-state index in [0.717, 1.165) is 33.4 Å². The first-order chi connectivity index (χ1) is 23.1. The zero-order valence-corrected chi connectivity index (χ0v) is 26.8. The van der Waals surface area contributed by atoms with Gasteiger partial charge in [-0.15, -0.1) is 11.3 Å². The highest BCUT2D eigenvalue weighted by Gasteiger charge is 2.56. The topological polar surface area (TPSA) is 20.2 Å². The summed E-state index contributed by atoms with van der Waals surface area (Å²) in [5, 5.41) is 16.7. The highest BCUT2D eigenvalue weighted by Crippen LogP contribution is 2.63. The van der Waals surface area contributed by atoms with Crippen LogP contribution in [0, 0.1) is 0 Å². The lowest BCUT2D eigenvalue weighted by Gasteiger charge is -2.47. The van der Waals surface area contributed by atoms with Gasteiger partial charge in [0.1, 0.15) is 5.60 Å². The van der Waals surface area contributed by atoms with Gasteiger partial charge in [-0.1, -0.05) is 151 Å². The molecule has 0 fully saturated rings. The van der Waals surface area contributed by atoms with Crippen molar-refractivity contribution in [1.82, 2.24) is 0 Å². The number of fused-ring (bicyclic) bond motifs is 12. The minimum absolute atomic E-state index is 0.536. The molecule has 1 spiro atoms. The number of benzene rings is 7. The molecule has 0 atom stereocenters. The van der Waals surface area contributed by atoms with E-state index in [0.29, 0.717) is 10.6 Å². The van der Waals surface area contributed by atoms with Gasteiger partial charge in [-0.2, -0.15) is 0 Å². The van der Waals surface area contributed by atoms with Crippen molar-refractivity contribution >= 4 is 43.1 Å². The van der Waals surface area contributed by atoms with Gasteiger partial charge in [0.05, 0.1) is 5.41 Å². The van der Waals surface area contributed by atoms with Gasteiger partial charge in [0.25, 0.3) is 0 Å². The summed E-state index contributed by atoms with van der Waals surface area (Å²) in [6, 6.07) is 55.5. The summed E-state index contributed by atoms with van der Waals surface area (Å²) in [5.74, 6) is 0. The Hall–Kier alpha value is -4.99. The number of hydrogen-bond acceptors (Lipinski definition) is 2. The van der Waals surface area contributed by atoms with E-state index in [1.807, 2.05) is 24.3 Å². The summed E-state index contributed by atoms with van der Waals surface area (Å²) in [6.45, 7) is 0. The fraction of sp³-hybridized carbons (Fsp3) is 0.0455. The second kappa shape index (κ2) is 9.76. The van der Waals surface area contributed by atoms with Crippen molar-refractivity contribution in [2.45, 2.75) is 11.0 Å². The van der Waals surface area contributed by atoms with Crippen LogP contribution < -0.4 is 0 Å². The first kappa shape index (κ1) is 27.2. The zero-order valence-electron chi connectivity index (χ0n) is 25.2. The molecule has 3 heteroatoms. The van der Waals surface area contributed by atoms with Crippen LogP contribution in [0.25, 0.3) is 42.4 Å². The van der Waals surface area contributed by atoms with Gasteiger partial charge in [-0.05, 0) is 73.8 Å². The van der Waals surface area contributed by atoms with Gasteiger partial charge in [-0.3, -0.25) is 0 Å². The molecule has 7 aromatic carbocycles. The maximum Gasteiger partial charge on any atom is 0.143 e. The van der Waals surface area contributed by atoms with Gasteiger partial charge in [0, 0.05) is 30.8 Å². The van der Waals surface area contributed by atoms with Crippen LogP contribution in [0.4, 0.5) is 0 Å². The summed E-state index contributed by atoms with van der Waals surface area (Å²) in [5.41, 5.74) is 9.32. The molecule has 10 rings (SSSR count). The Balaban J connectivity index is 1.30. The molecule has 2 aliphatic rings. The van der Waals surface area contributed by atoms with Gasteiger partial charge in [0.2, 0.25) is 0 Å². The monoisotopic (exact) mass is 638 g/mol. The van der Waals surface area contributed by atoms with Crippen molar-refractivity contribution < 1.29 is 5.11 Å². The Kier molecular flexibility index (Phi) is 5.64. The first-order valence-electron chi connectivity index (χ1n) is 15.9. The minimum atomic E-state index is -1.52. The van der Waals surface area contributed by atoms with E-state index in [1.54, 1.807) is 11.3 Å². The van der Waals surface area contributed by atoms with Crippen LogP contribution in [-0.4, -0.2) is 5.11 Å². The van der Waals surface area contributed by atoms with Gasteiger partial charge in [0.15, 0.2) is 0 Å². The van der Waals surface area contributed by atoms with E-state index < -0.39 is 11.0 Å². The van der Waals surface area contributed by atoms with Gasteiger partial charge >= 0.3 is 0 Å². The van der Waals surface area contributed by atoms with Crippen LogP contribution in [0.15, 0.2) is 158 Å². The second-order valence-electron chi connectivity index (χ2n) is 12.6. The van der Waals surface area contributed by atoms with E-state index in [1.165, 1.54) is 42.4 Å². The lowest BCUT2D eigenvalue weighted by Crippen LogP contribution is -2.44. The number of halogens is 1. The first-order valence-corrected chi connectivity index (χ1v) is 17.1. The van der Waals surface area contributed by atoms with Crippen LogP contribution in [0.2, 0.25) is 5.02 Å². The average molecular weight is 639 g/mol. The van der Waals surface area contributed by atoms with Crippen molar-refractivity contribution in [3.63, 3.8) is 0 Å². The summed E-state index contributed by atoms with van der Waals surface area (Å²) in [4.78, 5) is 0. The van der Waals surface area contributed by atoms with Gasteiger partial charge < -0.3 is 5.11 Å². The normalized spacial score (nSPS) is 14.9. The third-order valence-corrected chi connectivity index (χ3v) is 11.9. The lowest BCUT2D eigenvalue weighted by molar-refractivity contribution is 0.119. The summed E-state index contributed by atoms with van der Waals surface area (Å²) < 4.78 is 2.48. The zero-order chi connectivity index (χ0) is 31.3. The molecule has 1 nitrogen and oxygen atoms in total. The molecule has 8 aromatic rings. The lowest BCUT2D eigenvalue weighted by atomic mass is 9.56. The van der Waals surface area contributed by atoms with E-state index in [2.05, 4.69) is 133 Å². The number of rotatable bonds is 2. The fourth-order valence-electron chi connectivity index (χ4n) is 8.65. The molecule has 0 unspecified atom stereocenters. The molecule has 0 bridgehead atoms. The maximum absolute atomic E-state index is 13.7. The molecular formula is C44H27ClOS. The Morgan fingerprint density at radius 1 is 0.447 bits per heavy atom. The molecule has 1 aromatic heterocycles. The smallest absolute Gasteiger partial charge is 0.143 e. The molecule has 0 amide bonds. The predicted octanol–water partition coefficient (Wildman–Crippen LogP) is 11.3. The maximum atomic E-state index is 13.7. The largest absolute Gasteiger partial charge is 0.376 e. The van der Waals surface area contributed by atoms with Crippen LogP contribution in [0.5, 0.6) is 0 Å². The van der Waals surface area contributed by atoms with Crippen LogP contribution >= 0.6 is 22.9 Å². The van der Waals surface area contributed by atoms with Crippen LogP contribution in [0.3, 0.4) is 0 Å². The molecule has 0 aliphatic heterocycles. The Labute approximate surface area is 282 Å². The Morgan fingerprint density at radius 2 is 0.957 bits per heavy atom. The molecule has 1 heterocycles. The third kappa shape index (κ3) is 3.42. The predicted molar refractivity (Wildman–Crippen MR) is 196 cm³/mol. The summed E-state index contributed by atoms with van der Waals surface area (Å²) >= 11 is 9.07. The van der Waals surface area contributed by atoms with Crippen molar-refractivity contribution in [3.8, 4) is 22.3 Å². The summed E-state index contributed by atoms with van der Waals surface area (Å²) in [7, 11) is 0. The van der Waals surface area contributed by atoms with Crippen molar-refractivity contribution in [2.75, 3.05) is 0 Å². The molecular weight excluding hydrogens is 612 g/mol. The van der Waals surface area contributed by atoms with E-state index in [4.69, 9.17) is 11.6 Å². The highest BCUT2D eigenvalue weighted by molar-refractivity contribution is 7.25.